The zero-order valence-electron chi connectivity index (χ0n) is 13.5. The van der Waals surface area contributed by atoms with Crippen molar-refractivity contribution in [3.63, 3.8) is 0 Å². The van der Waals surface area contributed by atoms with E-state index in [1.54, 1.807) is 0 Å². The molecule has 0 aliphatic carbocycles. The fourth-order valence-corrected chi connectivity index (χ4v) is 2.61. The number of hydroxylamine groups is 1. The van der Waals surface area contributed by atoms with Crippen LogP contribution in [0.15, 0.2) is 17.1 Å². The van der Waals surface area contributed by atoms with E-state index in [2.05, 4.69) is 10.5 Å². The number of nitrogens with zero attached hydrogens (tertiary/aromatic N) is 2. The fourth-order valence-electron chi connectivity index (χ4n) is 2.61. The van der Waals surface area contributed by atoms with Gasteiger partial charge in [-0.25, -0.2) is 0 Å². The number of fused-ring (bicyclic) bond motifs is 1. The molecule has 0 spiro atoms. The van der Waals surface area contributed by atoms with Crippen LogP contribution < -0.4 is 21.7 Å². The summed E-state index contributed by atoms with van der Waals surface area (Å²) in [7, 11) is 1.44. The number of nitrogens with two attached hydrogens (primary N) is 2. The molecule has 1 heterocycles. The summed E-state index contributed by atoms with van der Waals surface area (Å²) in [6.07, 6.45) is 0.477. The SMILES string of the molecule is CONC1CC(C)(C)Oc2c1cc(C(=O)N=C(N)N)cc2[N+](=O)[O-]. The van der Waals surface area contributed by atoms with E-state index in [9.17, 15) is 14.9 Å². The second kappa shape index (κ2) is 6.42. The number of nitrogens with one attached hydrogen (secondary N) is 1. The van der Waals surface area contributed by atoms with Gasteiger partial charge in [0.2, 0.25) is 5.75 Å². The molecular weight excluding hydrogens is 318 g/mol. The number of nitro benzene ring substituents is 1. The summed E-state index contributed by atoms with van der Waals surface area (Å²) in [4.78, 5) is 31.2. The molecule has 1 amide bonds. The van der Waals surface area contributed by atoms with Crippen LogP contribution in [0.25, 0.3) is 0 Å². The predicted molar refractivity (Wildman–Crippen MR) is 85.4 cm³/mol. The lowest BCUT2D eigenvalue weighted by atomic mass is 9.88. The normalized spacial score (nSPS) is 18.2. The Morgan fingerprint density at radius 3 is 2.71 bits per heavy atom. The van der Waals surface area contributed by atoms with Crippen molar-refractivity contribution in [2.24, 2.45) is 16.5 Å². The topological polar surface area (TPSA) is 155 Å². The van der Waals surface area contributed by atoms with Gasteiger partial charge in [0, 0.05) is 23.6 Å². The molecule has 0 bridgehead atoms. The molecule has 1 aromatic carbocycles. The number of carbonyl (C=O) groups excluding carboxylic acids is 1. The molecule has 0 aromatic heterocycles. The summed E-state index contributed by atoms with van der Waals surface area (Å²) < 4.78 is 5.77. The quantitative estimate of drug-likeness (QED) is 0.315. The predicted octanol–water partition coefficient (Wildman–Crippen LogP) is 0.762. The Morgan fingerprint density at radius 2 is 2.17 bits per heavy atom. The van der Waals surface area contributed by atoms with E-state index in [1.807, 2.05) is 13.8 Å². The first-order valence-electron chi connectivity index (χ1n) is 7.08. The van der Waals surface area contributed by atoms with Crippen LogP contribution in [-0.2, 0) is 4.84 Å². The van der Waals surface area contributed by atoms with Gasteiger partial charge < -0.3 is 21.0 Å². The zero-order valence-corrected chi connectivity index (χ0v) is 13.5. The number of benzene rings is 1. The van der Waals surface area contributed by atoms with E-state index in [1.165, 1.54) is 13.2 Å². The average Bonchev–Trinajstić information content (AvgIpc) is 2.44. The highest BCUT2D eigenvalue weighted by Gasteiger charge is 2.39. The van der Waals surface area contributed by atoms with Gasteiger partial charge in [-0.2, -0.15) is 10.5 Å². The van der Waals surface area contributed by atoms with Crippen LogP contribution in [0.4, 0.5) is 5.69 Å². The van der Waals surface area contributed by atoms with Crippen molar-refractivity contribution >= 4 is 17.6 Å². The van der Waals surface area contributed by atoms with E-state index in [0.717, 1.165) is 6.07 Å². The molecule has 0 fully saturated rings. The molecule has 2 rings (SSSR count). The largest absolute Gasteiger partial charge is 0.480 e. The zero-order chi connectivity index (χ0) is 18.1. The Kier molecular flexibility index (Phi) is 4.71. The van der Waals surface area contributed by atoms with Crippen LogP contribution >= 0.6 is 0 Å². The summed E-state index contributed by atoms with van der Waals surface area (Å²) in [6.45, 7) is 3.62. The lowest BCUT2D eigenvalue weighted by Gasteiger charge is -2.37. The van der Waals surface area contributed by atoms with Crippen molar-refractivity contribution in [2.75, 3.05) is 7.11 Å². The molecule has 0 saturated heterocycles. The minimum absolute atomic E-state index is 0.0138. The lowest BCUT2D eigenvalue weighted by molar-refractivity contribution is -0.386. The Bertz CT molecular complexity index is 712. The maximum atomic E-state index is 12.0. The van der Waals surface area contributed by atoms with E-state index in [-0.39, 0.29) is 17.0 Å². The molecule has 0 radical (unpaired) electrons. The molecular formula is C14H19N5O5. The summed E-state index contributed by atoms with van der Waals surface area (Å²) in [5.41, 5.74) is 12.6. The van der Waals surface area contributed by atoms with Gasteiger partial charge in [0.05, 0.1) is 18.1 Å². The number of rotatable bonds is 4. The van der Waals surface area contributed by atoms with E-state index in [4.69, 9.17) is 21.0 Å². The monoisotopic (exact) mass is 337 g/mol. The highest BCUT2D eigenvalue weighted by atomic mass is 16.6. The highest BCUT2D eigenvalue weighted by molar-refractivity contribution is 6.02. The molecule has 1 aromatic rings. The van der Waals surface area contributed by atoms with Crippen LogP contribution in [0.5, 0.6) is 5.75 Å². The number of hydrogen-bond donors (Lipinski definition) is 3. The lowest BCUT2D eigenvalue weighted by Crippen LogP contribution is -2.39. The highest BCUT2D eigenvalue weighted by Crippen LogP contribution is 2.45. The molecule has 1 unspecified atom stereocenters. The van der Waals surface area contributed by atoms with Crippen LogP contribution in [-0.4, -0.2) is 29.5 Å². The second-order valence-electron chi connectivity index (χ2n) is 5.95. The van der Waals surface area contributed by atoms with Crippen molar-refractivity contribution in [3.05, 3.63) is 33.4 Å². The number of nitro groups is 1. The Labute approximate surface area is 137 Å². The number of ether oxygens (including phenoxy) is 1. The third-order valence-corrected chi connectivity index (χ3v) is 3.48. The van der Waals surface area contributed by atoms with Gasteiger partial charge in [0.25, 0.3) is 5.91 Å². The van der Waals surface area contributed by atoms with Gasteiger partial charge in [0.15, 0.2) is 5.96 Å². The first-order valence-corrected chi connectivity index (χ1v) is 7.08. The Morgan fingerprint density at radius 1 is 1.50 bits per heavy atom. The molecule has 0 saturated carbocycles. The van der Waals surface area contributed by atoms with Gasteiger partial charge >= 0.3 is 5.69 Å². The summed E-state index contributed by atoms with van der Waals surface area (Å²) in [5, 5.41) is 11.4. The molecule has 10 heteroatoms. The third-order valence-electron chi connectivity index (χ3n) is 3.48. The van der Waals surface area contributed by atoms with Crippen molar-refractivity contribution < 1.29 is 19.3 Å². The van der Waals surface area contributed by atoms with Crippen LogP contribution in [0.3, 0.4) is 0 Å². The van der Waals surface area contributed by atoms with Gasteiger partial charge in [-0.3, -0.25) is 14.9 Å². The minimum atomic E-state index is -0.776. The molecule has 130 valence electrons. The fraction of sp³-hybridized carbons (Fsp3) is 0.429. The van der Waals surface area contributed by atoms with Crippen molar-refractivity contribution in [3.8, 4) is 5.75 Å². The molecule has 10 nitrogen and oxygen atoms in total. The number of carbonyl (C=O) groups is 1. The first-order chi connectivity index (χ1) is 11.1. The van der Waals surface area contributed by atoms with Crippen LogP contribution in [0.1, 0.15) is 42.2 Å². The average molecular weight is 337 g/mol. The standard InChI is InChI=1S/C14H19N5O5/c1-14(2)6-9(18-23-3)8-4-7(12(20)17-13(15)16)5-10(19(21)22)11(8)24-14/h4-5,9,18H,6H2,1-3H3,(H4,15,16,17,20). The number of aliphatic imine (C=N–C) groups is 1. The molecule has 5 N–H and O–H groups in total. The minimum Gasteiger partial charge on any atom is -0.480 e. The molecule has 1 aliphatic rings. The van der Waals surface area contributed by atoms with Gasteiger partial charge in [-0.1, -0.05) is 0 Å². The Balaban J connectivity index is 2.64. The summed E-state index contributed by atoms with van der Waals surface area (Å²) in [5.74, 6) is -1.11. The molecule has 1 aliphatic heterocycles. The van der Waals surface area contributed by atoms with Crippen LogP contribution in [0, 0.1) is 10.1 Å². The first kappa shape index (κ1) is 17.6. The van der Waals surface area contributed by atoms with Crippen molar-refractivity contribution in [1.82, 2.24) is 5.48 Å². The third kappa shape index (κ3) is 3.60. The Hall–Kier alpha value is -2.72. The molecule has 1 atom stereocenters. The summed E-state index contributed by atoms with van der Waals surface area (Å²) in [6, 6.07) is 2.15. The second-order valence-corrected chi connectivity index (χ2v) is 5.95. The molecule has 24 heavy (non-hydrogen) atoms. The van der Waals surface area contributed by atoms with Crippen molar-refractivity contribution in [2.45, 2.75) is 31.9 Å². The van der Waals surface area contributed by atoms with Gasteiger partial charge in [0.1, 0.15) is 5.60 Å². The smallest absolute Gasteiger partial charge is 0.312 e. The van der Waals surface area contributed by atoms with E-state index in [0.29, 0.717) is 12.0 Å². The van der Waals surface area contributed by atoms with Crippen LogP contribution in [0.2, 0.25) is 0 Å². The van der Waals surface area contributed by atoms with Gasteiger partial charge in [-0.05, 0) is 19.9 Å². The van der Waals surface area contributed by atoms with Gasteiger partial charge in [-0.15, -0.1) is 0 Å². The maximum Gasteiger partial charge on any atom is 0.312 e. The number of amides is 1. The maximum absolute atomic E-state index is 12.0. The number of hydrogen-bond acceptors (Lipinski definition) is 6. The van der Waals surface area contributed by atoms with E-state index < -0.39 is 28.4 Å². The van der Waals surface area contributed by atoms with E-state index >= 15 is 0 Å². The summed E-state index contributed by atoms with van der Waals surface area (Å²) >= 11 is 0. The number of guanidine groups is 1. The van der Waals surface area contributed by atoms with Crippen molar-refractivity contribution in [1.29, 1.82) is 0 Å².